The maximum absolute atomic E-state index is 4.44. The van der Waals surface area contributed by atoms with Crippen molar-refractivity contribution < 1.29 is 0 Å². The van der Waals surface area contributed by atoms with Gasteiger partial charge in [-0.25, -0.2) is 0 Å². The molecule has 2 aromatic carbocycles. The molecule has 0 radical (unpaired) electrons. The van der Waals surface area contributed by atoms with Crippen LogP contribution in [0, 0.1) is 3.57 Å². The fourth-order valence-corrected chi connectivity index (χ4v) is 2.32. The molecule has 0 saturated heterocycles. The molecule has 0 bridgehead atoms. The van der Waals surface area contributed by atoms with E-state index in [2.05, 4.69) is 64.0 Å². The maximum Gasteiger partial charge on any atom is 0.0708 e. The lowest BCUT2D eigenvalue weighted by Gasteiger charge is -2.02. The first-order chi connectivity index (χ1) is 7.34. The van der Waals surface area contributed by atoms with Crippen molar-refractivity contribution in [3.05, 3.63) is 52.2 Å². The normalized spacial score (nSPS) is 11.0. The van der Waals surface area contributed by atoms with Crippen LogP contribution in [-0.4, -0.2) is 4.98 Å². The minimum atomic E-state index is 1.06. The number of para-hydroxylation sites is 1. The van der Waals surface area contributed by atoms with Gasteiger partial charge in [0.2, 0.25) is 0 Å². The standard InChI is InChI=1S/C13H8IN/c14-10-6-5-9-8-15-13-4-2-1-3-11(13)12(9)7-10/h1-8H. The zero-order valence-electron chi connectivity index (χ0n) is 7.94. The van der Waals surface area contributed by atoms with Gasteiger partial charge in [0.15, 0.2) is 0 Å². The lowest BCUT2D eigenvalue weighted by Crippen LogP contribution is -1.82. The Kier molecular flexibility index (Phi) is 2.09. The number of pyridine rings is 1. The van der Waals surface area contributed by atoms with Crippen molar-refractivity contribution in [2.24, 2.45) is 0 Å². The Morgan fingerprint density at radius 1 is 0.933 bits per heavy atom. The summed E-state index contributed by atoms with van der Waals surface area (Å²) in [5, 5.41) is 3.72. The predicted octanol–water partition coefficient (Wildman–Crippen LogP) is 3.99. The Hall–Kier alpha value is -1.16. The summed E-state index contributed by atoms with van der Waals surface area (Å²) in [6.45, 7) is 0. The number of nitrogens with zero attached hydrogens (tertiary/aromatic N) is 1. The molecule has 3 aromatic rings. The molecule has 15 heavy (non-hydrogen) atoms. The largest absolute Gasteiger partial charge is 0.256 e. The van der Waals surface area contributed by atoms with Crippen molar-refractivity contribution in [1.82, 2.24) is 4.98 Å². The van der Waals surface area contributed by atoms with Crippen molar-refractivity contribution in [2.75, 3.05) is 0 Å². The van der Waals surface area contributed by atoms with E-state index in [0.717, 1.165) is 5.52 Å². The van der Waals surface area contributed by atoms with E-state index in [1.807, 2.05) is 12.3 Å². The van der Waals surface area contributed by atoms with Crippen LogP contribution in [0.3, 0.4) is 0 Å². The van der Waals surface area contributed by atoms with Crippen molar-refractivity contribution >= 4 is 44.3 Å². The number of fused-ring (bicyclic) bond motifs is 3. The van der Waals surface area contributed by atoms with Crippen molar-refractivity contribution in [2.45, 2.75) is 0 Å². The number of hydrogen-bond acceptors (Lipinski definition) is 1. The van der Waals surface area contributed by atoms with Gasteiger partial charge in [-0.1, -0.05) is 24.3 Å². The molecule has 1 heterocycles. The van der Waals surface area contributed by atoms with E-state index in [4.69, 9.17) is 0 Å². The fourth-order valence-electron chi connectivity index (χ4n) is 1.83. The van der Waals surface area contributed by atoms with Gasteiger partial charge in [0.1, 0.15) is 0 Å². The molecule has 0 aliphatic rings. The lowest BCUT2D eigenvalue weighted by molar-refractivity contribution is 1.44. The number of halogens is 1. The second kappa shape index (κ2) is 3.45. The van der Waals surface area contributed by atoms with Gasteiger partial charge in [-0.15, -0.1) is 0 Å². The summed E-state index contributed by atoms with van der Waals surface area (Å²) in [7, 11) is 0. The van der Waals surface area contributed by atoms with Crippen molar-refractivity contribution in [3.8, 4) is 0 Å². The zero-order chi connectivity index (χ0) is 10.3. The summed E-state index contributed by atoms with van der Waals surface area (Å²) in [5.74, 6) is 0. The maximum atomic E-state index is 4.44. The fraction of sp³-hybridized carbons (Fsp3) is 0. The third-order valence-corrected chi connectivity index (χ3v) is 3.22. The first-order valence-electron chi connectivity index (χ1n) is 4.77. The zero-order valence-corrected chi connectivity index (χ0v) is 10.1. The smallest absolute Gasteiger partial charge is 0.0708 e. The number of hydrogen-bond donors (Lipinski definition) is 0. The highest BCUT2D eigenvalue weighted by molar-refractivity contribution is 14.1. The Labute approximate surface area is 101 Å². The van der Waals surface area contributed by atoms with Crippen LogP contribution in [0.2, 0.25) is 0 Å². The van der Waals surface area contributed by atoms with Crippen LogP contribution >= 0.6 is 22.6 Å². The molecular weight excluding hydrogens is 297 g/mol. The minimum Gasteiger partial charge on any atom is -0.256 e. The molecule has 3 rings (SSSR count). The average molecular weight is 305 g/mol. The monoisotopic (exact) mass is 305 g/mol. The Balaban J connectivity index is 2.57. The van der Waals surface area contributed by atoms with Gasteiger partial charge < -0.3 is 0 Å². The molecule has 0 atom stereocenters. The molecule has 0 aliphatic carbocycles. The summed E-state index contributed by atoms with van der Waals surface area (Å²) < 4.78 is 1.26. The van der Waals surface area contributed by atoms with Gasteiger partial charge in [0, 0.05) is 20.5 Å². The van der Waals surface area contributed by atoms with E-state index < -0.39 is 0 Å². The predicted molar refractivity (Wildman–Crippen MR) is 72.0 cm³/mol. The van der Waals surface area contributed by atoms with E-state index in [9.17, 15) is 0 Å². The van der Waals surface area contributed by atoms with Crippen LogP contribution in [0.1, 0.15) is 0 Å². The molecular formula is C13H8IN. The highest BCUT2D eigenvalue weighted by atomic mass is 127. The molecule has 0 unspecified atom stereocenters. The van der Waals surface area contributed by atoms with Crippen molar-refractivity contribution in [1.29, 1.82) is 0 Å². The summed E-state index contributed by atoms with van der Waals surface area (Å²) in [6.07, 6.45) is 1.94. The van der Waals surface area contributed by atoms with Gasteiger partial charge in [-0.3, -0.25) is 4.98 Å². The van der Waals surface area contributed by atoms with Gasteiger partial charge in [0.25, 0.3) is 0 Å². The summed E-state index contributed by atoms with van der Waals surface area (Å²) >= 11 is 2.34. The topological polar surface area (TPSA) is 12.9 Å². The summed E-state index contributed by atoms with van der Waals surface area (Å²) in [6, 6.07) is 14.7. The van der Waals surface area contributed by atoms with E-state index in [1.54, 1.807) is 0 Å². The average Bonchev–Trinajstić information content (AvgIpc) is 2.29. The van der Waals surface area contributed by atoms with Gasteiger partial charge in [-0.05, 0) is 46.2 Å². The molecule has 0 saturated carbocycles. The third-order valence-electron chi connectivity index (χ3n) is 2.55. The summed E-state index contributed by atoms with van der Waals surface area (Å²) in [4.78, 5) is 4.44. The number of aromatic nitrogens is 1. The third kappa shape index (κ3) is 1.49. The molecule has 1 nitrogen and oxygen atoms in total. The second-order valence-corrected chi connectivity index (χ2v) is 4.75. The highest BCUT2D eigenvalue weighted by Crippen LogP contribution is 2.24. The van der Waals surface area contributed by atoms with Gasteiger partial charge >= 0.3 is 0 Å². The van der Waals surface area contributed by atoms with E-state index >= 15 is 0 Å². The molecule has 2 heteroatoms. The lowest BCUT2D eigenvalue weighted by atomic mass is 10.1. The molecule has 0 fully saturated rings. The summed E-state index contributed by atoms with van der Waals surface area (Å²) in [5.41, 5.74) is 1.06. The van der Waals surface area contributed by atoms with E-state index in [1.165, 1.54) is 19.7 Å². The van der Waals surface area contributed by atoms with Crippen LogP contribution in [-0.2, 0) is 0 Å². The SMILES string of the molecule is Ic1ccc2cnc3ccccc3c2c1. The molecule has 0 N–H and O–H groups in total. The minimum absolute atomic E-state index is 1.06. The molecule has 0 aliphatic heterocycles. The number of benzene rings is 2. The molecule has 0 amide bonds. The van der Waals surface area contributed by atoms with E-state index in [0.29, 0.717) is 0 Å². The van der Waals surface area contributed by atoms with Crippen molar-refractivity contribution in [3.63, 3.8) is 0 Å². The molecule has 1 aromatic heterocycles. The highest BCUT2D eigenvalue weighted by Gasteiger charge is 2.00. The van der Waals surface area contributed by atoms with Gasteiger partial charge in [-0.2, -0.15) is 0 Å². The Morgan fingerprint density at radius 3 is 2.73 bits per heavy atom. The van der Waals surface area contributed by atoms with Crippen LogP contribution in [0.4, 0.5) is 0 Å². The molecule has 0 spiro atoms. The van der Waals surface area contributed by atoms with Gasteiger partial charge in [0.05, 0.1) is 5.52 Å². The van der Waals surface area contributed by atoms with Crippen LogP contribution in [0.5, 0.6) is 0 Å². The Morgan fingerprint density at radius 2 is 1.80 bits per heavy atom. The van der Waals surface area contributed by atoms with E-state index in [-0.39, 0.29) is 0 Å². The van der Waals surface area contributed by atoms with Crippen LogP contribution < -0.4 is 0 Å². The molecule has 72 valence electrons. The first-order valence-corrected chi connectivity index (χ1v) is 5.85. The van der Waals surface area contributed by atoms with Crippen LogP contribution in [0.25, 0.3) is 21.7 Å². The quantitative estimate of drug-likeness (QED) is 0.452. The van der Waals surface area contributed by atoms with Crippen LogP contribution in [0.15, 0.2) is 48.7 Å². The second-order valence-electron chi connectivity index (χ2n) is 3.51. The Bertz CT molecular complexity index is 646. The number of rotatable bonds is 0. The first kappa shape index (κ1) is 9.09.